The van der Waals surface area contributed by atoms with E-state index in [0.29, 0.717) is 19.5 Å². The number of carbonyl (C=O) groups excluding carboxylic acids is 1. The first-order valence-corrected chi connectivity index (χ1v) is 5.47. The van der Waals surface area contributed by atoms with Crippen LogP contribution in [0.5, 0.6) is 0 Å². The molecule has 96 valence electrons. The molecule has 0 spiro atoms. The lowest BCUT2D eigenvalue weighted by molar-refractivity contribution is -0.385. The van der Waals surface area contributed by atoms with Gasteiger partial charge >= 0.3 is 0 Å². The lowest BCUT2D eigenvalue weighted by atomic mass is 10.1. The molecule has 1 aromatic carbocycles. The molecule has 0 radical (unpaired) electrons. The highest BCUT2D eigenvalue weighted by atomic mass is 19.1. The van der Waals surface area contributed by atoms with Crippen LogP contribution in [0, 0.1) is 21.8 Å². The first-order valence-electron chi connectivity index (χ1n) is 5.47. The molecule has 7 heteroatoms. The molecule has 1 aliphatic rings. The van der Waals surface area contributed by atoms with Crippen molar-refractivity contribution in [1.29, 1.82) is 0 Å². The molecule has 1 amide bonds. The zero-order valence-electron chi connectivity index (χ0n) is 9.51. The average molecular weight is 253 g/mol. The number of nitrogens with two attached hydrogens (primary N) is 1. The second-order valence-corrected chi connectivity index (χ2v) is 4.23. The molecule has 0 aromatic heterocycles. The summed E-state index contributed by atoms with van der Waals surface area (Å²) < 4.78 is 13.7. The van der Waals surface area contributed by atoms with Crippen LogP contribution in [0.2, 0.25) is 0 Å². The Morgan fingerprint density at radius 1 is 1.56 bits per heavy atom. The second kappa shape index (κ2) is 4.59. The third kappa shape index (κ3) is 2.24. The minimum absolute atomic E-state index is 0.268. The standard InChI is InChI=1S/C11H12FN3O3/c12-9-5-8(15(17)18)1-2-10(9)14-4-3-7(6-14)11(13)16/h1-2,5,7H,3-4,6H2,(H2,13,16). The van der Waals surface area contributed by atoms with Gasteiger partial charge in [-0.25, -0.2) is 4.39 Å². The van der Waals surface area contributed by atoms with Gasteiger partial charge in [0.1, 0.15) is 0 Å². The summed E-state index contributed by atoms with van der Waals surface area (Å²) in [6, 6.07) is 3.49. The molecule has 6 nitrogen and oxygen atoms in total. The summed E-state index contributed by atoms with van der Waals surface area (Å²) >= 11 is 0. The summed E-state index contributed by atoms with van der Waals surface area (Å²) in [5.74, 6) is -1.35. The van der Waals surface area contributed by atoms with Gasteiger partial charge in [0, 0.05) is 19.2 Å². The van der Waals surface area contributed by atoms with Crippen molar-refractivity contribution in [2.24, 2.45) is 11.7 Å². The van der Waals surface area contributed by atoms with Gasteiger partial charge < -0.3 is 10.6 Å². The predicted molar refractivity (Wildman–Crippen MR) is 62.6 cm³/mol. The topological polar surface area (TPSA) is 89.5 Å². The second-order valence-electron chi connectivity index (χ2n) is 4.23. The van der Waals surface area contributed by atoms with Gasteiger partial charge in [-0.1, -0.05) is 0 Å². The minimum atomic E-state index is -0.658. The van der Waals surface area contributed by atoms with E-state index in [0.717, 1.165) is 6.07 Å². The van der Waals surface area contributed by atoms with Crippen LogP contribution in [0.25, 0.3) is 0 Å². The van der Waals surface area contributed by atoms with E-state index < -0.39 is 16.6 Å². The van der Waals surface area contributed by atoms with Gasteiger partial charge in [0.15, 0.2) is 5.82 Å². The van der Waals surface area contributed by atoms with Crippen molar-refractivity contribution in [3.63, 3.8) is 0 Å². The minimum Gasteiger partial charge on any atom is -0.369 e. The zero-order valence-corrected chi connectivity index (χ0v) is 9.51. The van der Waals surface area contributed by atoms with Crippen LogP contribution in [-0.4, -0.2) is 23.9 Å². The van der Waals surface area contributed by atoms with Crippen molar-refractivity contribution in [3.05, 3.63) is 34.1 Å². The number of hydrogen-bond donors (Lipinski definition) is 1. The van der Waals surface area contributed by atoms with Crippen LogP contribution < -0.4 is 10.6 Å². The van der Waals surface area contributed by atoms with Crippen molar-refractivity contribution in [2.45, 2.75) is 6.42 Å². The van der Waals surface area contributed by atoms with Gasteiger partial charge in [-0.3, -0.25) is 14.9 Å². The largest absolute Gasteiger partial charge is 0.369 e. The van der Waals surface area contributed by atoms with Crippen LogP contribution >= 0.6 is 0 Å². The van der Waals surface area contributed by atoms with Gasteiger partial charge in [-0.2, -0.15) is 0 Å². The first kappa shape index (κ1) is 12.3. The van der Waals surface area contributed by atoms with Crippen LogP contribution in [0.1, 0.15) is 6.42 Å². The molecule has 0 bridgehead atoms. The van der Waals surface area contributed by atoms with E-state index in [4.69, 9.17) is 5.73 Å². The Bertz CT molecular complexity index is 506. The Morgan fingerprint density at radius 2 is 2.28 bits per heavy atom. The fraction of sp³-hybridized carbons (Fsp3) is 0.364. The summed E-state index contributed by atoms with van der Waals surface area (Å²) in [6.07, 6.45) is 0.575. The van der Waals surface area contributed by atoms with Gasteiger partial charge in [-0.15, -0.1) is 0 Å². The first-order chi connectivity index (χ1) is 8.49. The van der Waals surface area contributed by atoms with Gasteiger partial charge in [0.25, 0.3) is 5.69 Å². The highest BCUT2D eigenvalue weighted by Gasteiger charge is 2.28. The Labute approximate surface area is 102 Å². The highest BCUT2D eigenvalue weighted by molar-refractivity contribution is 5.78. The normalized spacial score (nSPS) is 18.9. The number of nitrogens with zero attached hydrogens (tertiary/aromatic N) is 2. The Hall–Kier alpha value is -2.18. The zero-order chi connectivity index (χ0) is 13.3. The molecule has 1 fully saturated rings. The van der Waals surface area contributed by atoms with Crippen LogP contribution in [0.3, 0.4) is 0 Å². The number of primary amides is 1. The lowest BCUT2D eigenvalue weighted by Gasteiger charge is -2.18. The van der Waals surface area contributed by atoms with Gasteiger partial charge in [0.2, 0.25) is 5.91 Å². The van der Waals surface area contributed by atoms with E-state index in [1.165, 1.54) is 12.1 Å². The molecule has 2 N–H and O–H groups in total. The number of benzene rings is 1. The van der Waals surface area contributed by atoms with Gasteiger partial charge in [-0.05, 0) is 12.5 Å². The smallest absolute Gasteiger partial charge is 0.272 e. The number of rotatable bonds is 3. The van der Waals surface area contributed by atoms with Crippen molar-refractivity contribution >= 4 is 17.3 Å². The van der Waals surface area contributed by atoms with Crippen LogP contribution in [0.15, 0.2) is 18.2 Å². The SMILES string of the molecule is NC(=O)C1CCN(c2ccc([N+](=O)[O-])cc2F)C1. The summed E-state index contributed by atoms with van der Waals surface area (Å²) in [4.78, 5) is 22.5. The molecular weight excluding hydrogens is 241 g/mol. The quantitative estimate of drug-likeness (QED) is 0.644. The van der Waals surface area contributed by atoms with Crippen molar-refractivity contribution < 1.29 is 14.1 Å². The number of amides is 1. The Balaban J connectivity index is 2.20. The van der Waals surface area contributed by atoms with Crippen molar-refractivity contribution in [3.8, 4) is 0 Å². The van der Waals surface area contributed by atoms with Gasteiger partial charge in [0.05, 0.1) is 22.6 Å². The molecule has 18 heavy (non-hydrogen) atoms. The number of nitro benzene ring substituents is 1. The fourth-order valence-electron chi connectivity index (χ4n) is 2.08. The molecule has 0 aliphatic carbocycles. The summed E-state index contributed by atoms with van der Waals surface area (Å²) in [5.41, 5.74) is 5.17. The monoisotopic (exact) mass is 253 g/mol. The number of hydrogen-bond acceptors (Lipinski definition) is 4. The molecule has 1 heterocycles. The highest BCUT2D eigenvalue weighted by Crippen LogP contribution is 2.28. The van der Waals surface area contributed by atoms with E-state index in [1.807, 2.05) is 0 Å². The van der Waals surface area contributed by atoms with E-state index in [2.05, 4.69) is 0 Å². The molecule has 1 saturated heterocycles. The number of carbonyl (C=O) groups is 1. The molecule has 2 rings (SSSR count). The summed E-state index contributed by atoms with van der Waals surface area (Å²) in [7, 11) is 0. The maximum absolute atomic E-state index is 13.7. The predicted octanol–water partition coefficient (Wildman–Crippen LogP) is 1.05. The van der Waals surface area contributed by atoms with E-state index in [1.54, 1.807) is 4.90 Å². The summed E-state index contributed by atoms with van der Waals surface area (Å²) in [6.45, 7) is 0.867. The maximum Gasteiger partial charge on any atom is 0.272 e. The molecule has 1 aliphatic heterocycles. The van der Waals surface area contributed by atoms with Crippen LogP contribution in [-0.2, 0) is 4.79 Å². The Kier molecular flexibility index (Phi) is 3.14. The van der Waals surface area contributed by atoms with E-state index in [9.17, 15) is 19.3 Å². The average Bonchev–Trinajstić information content (AvgIpc) is 2.78. The van der Waals surface area contributed by atoms with Crippen molar-refractivity contribution in [2.75, 3.05) is 18.0 Å². The number of nitro groups is 1. The molecule has 1 unspecified atom stereocenters. The maximum atomic E-state index is 13.7. The molecule has 1 aromatic rings. The fourth-order valence-corrected chi connectivity index (χ4v) is 2.08. The molecule has 0 saturated carbocycles. The molecule has 1 atom stereocenters. The number of non-ortho nitro benzene ring substituents is 1. The van der Waals surface area contributed by atoms with Crippen molar-refractivity contribution in [1.82, 2.24) is 0 Å². The van der Waals surface area contributed by atoms with Crippen LogP contribution in [0.4, 0.5) is 15.8 Å². The number of anilines is 1. The third-order valence-corrected chi connectivity index (χ3v) is 3.07. The summed E-state index contributed by atoms with van der Waals surface area (Å²) in [5, 5.41) is 10.5. The molecular formula is C11H12FN3O3. The number of halogens is 1. The van der Waals surface area contributed by atoms with E-state index in [-0.39, 0.29) is 17.3 Å². The third-order valence-electron chi connectivity index (χ3n) is 3.07. The Morgan fingerprint density at radius 3 is 2.78 bits per heavy atom. The van der Waals surface area contributed by atoms with E-state index >= 15 is 0 Å². The lowest BCUT2D eigenvalue weighted by Crippen LogP contribution is -2.27.